The highest BCUT2D eigenvalue weighted by Gasteiger charge is 2.42. The summed E-state index contributed by atoms with van der Waals surface area (Å²) in [6.07, 6.45) is 17.4. The summed E-state index contributed by atoms with van der Waals surface area (Å²) in [5, 5.41) is 16.4. The molecule has 0 radical (unpaired) electrons. The Morgan fingerprint density at radius 2 is 2.00 bits per heavy atom. The Hall–Kier alpha value is -3.34. The fourth-order valence-corrected chi connectivity index (χ4v) is 8.00. The van der Waals surface area contributed by atoms with Crippen LogP contribution < -0.4 is 5.19 Å². The Balaban J connectivity index is 1.02. The number of hydrogen-bond acceptors (Lipinski definition) is 6. The second kappa shape index (κ2) is 10.2. The highest BCUT2D eigenvalue weighted by Crippen LogP contribution is 2.48. The summed E-state index contributed by atoms with van der Waals surface area (Å²) >= 11 is 0. The molecule has 0 amide bonds. The van der Waals surface area contributed by atoms with E-state index >= 15 is 0 Å². The summed E-state index contributed by atoms with van der Waals surface area (Å²) in [7, 11) is -0.368. The van der Waals surface area contributed by atoms with Gasteiger partial charge in [0, 0.05) is 43.0 Å². The van der Waals surface area contributed by atoms with Crippen molar-refractivity contribution in [2.24, 2.45) is 5.41 Å². The molecule has 9 nitrogen and oxygen atoms in total. The maximum atomic E-state index is 6.07. The molecule has 2 aliphatic heterocycles. The van der Waals surface area contributed by atoms with Gasteiger partial charge >= 0.3 is 0 Å². The fraction of sp³-hybridized carbons (Fsp3) is 0.484. The van der Waals surface area contributed by atoms with Crippen LogP contribution >= 0.6 is 0 Å². The van der Waals surface area contributed by atoms with Crippen LogP contribution in [0.15, 0.2) is 49.1 Å². The summed E-state index contributed by atoms with van der Waals surface area (Å²) in [5.74, 6) is 0. The molecule has 1 aliphatic carbocycles. The molecular formula is C31H38N8OSi. The van der Waals surface area contributed by atoms with E-state index in [4.69, 9.17) is 14.8 Å². The molecule has 2 saturated heterocycles. The van der Waals surface area contributed by atoms with Crippen molar-refractivity contribution in [1.29, 1.82) is 0 Å². The van der Waals surface area contributed by atoms with E-state index in [2.05, 4.69) is 67.5 Å². The average Bonchev–Trinajstić information content (AvgIpc) is 3.78. The van der Waals surface area contributed by atoms with Gasteiger partial charge < -0.3 is 9.14 Å². The minimum atomic E-state index is -0.368. The fourth-order valence-electron chi connectivity index (χ4n) is 7.20. The van der Waals surface area contributed by atoms with Crippen LogP contribution in [0.4, 0.5) is 0 Å². The smallest absolute Gasteiger partial charge is 0.150 e. The molecule has 0 N–H and O–H groups in total. The molecule has 212 valence electrons. The van der Waals surface area contributed by atoms with Crippen molar-refractivity contribution in [3.63, 3.8) is 0 Å². The largest absolute Gasteiger partial charge is 0.356 e. The van der Waals surface area contributed by atoms with E-state index in [0.717, 1.165) is 59.5 Å². The van der Waals surface area contributed by atoms with Crippen molar-refractivity contribution in [3.05, 3.63) is 60.3 Å². The maximum absolute atomic E-state index is 6.07. The van der Waals surface area contributed by atoms with E-state index < -0.39 is 0 Å². The van der Waals surface area contributed by atoms with E-state index in [-0.39, 0.29) is 15.7 Å². The Kier molecular flexibility index (Phi) is 6.30. The van der Waals surface area contributed by atoms with Gasteiger partial charge in [-0.05, 0) is 68.2 Å². The second-order valence-corrected chi connectivity index (χ2v) is 14.0. The molecule has 41 heavy (non-hydrogen) atoms. The zero-order chi connectivity index (χ0) is 27.4. The van der Waals surface area contributed by atoms with Crippen molar-refractivity contribution in [2.45, 2.75) is 70.8 Å². The molecule has 1 aromatic carbocycles. The van der Waals surface area contributed by atoms with Crippen molar-refractivity contribution in [2.75, 3.05) is 19.7 Å². The van der Waals surface area contributed by atoms with E-state index in [1.165, 1.54) is 55.9 Å². The average molecular weight is 567 g/mol. The minimum Gasteiger partial charge on any atom is -0.356 e. The van der Waals surface area contributed by atoms with Gasteiger partial charge in [-0.2, -0.15) is 5.10 Å². The number of benzene rings is 1. The van der Waals surface area contributed by atoms with Crippen LogP contribution in [0.25, 0.3) is 27.8 Å². The number of pyridine rings is 1. The van der Waals surface area contributed by atoms with Crippen LogP contribution in [0.3, 0.4) is 0 Å². The molecule has 1 atom stereocenters. The monoisotopic (exact) mass is 566 g/mol. The van der Waals surface area contributed by atoms with Gasteiger partial charge in [0.25, 0.3) is 0 Å². The van der Waals surface area contributed by atoms with Gasteiger partial charge in [-0.15, -0.1) is 5.10 Å². The number of likely N-dealkylation sites (tertiary alicyclic amines) is 1. The van der Waals surface area contributed by atoms with Gasteiger partial charge in [-0.3, -0.25) is 4.90 Å². The predicted molar refractivity (Wildman–Crippen MR) is 162 cm³/mol. The molecule has 3 aliphatic rings. The number of imidazole rings is 1. The lowest BCUT2D eigenvalue weighted by Gasteiger charge is -2.38. The maximum Gasteiger partial charge on any atom is 0.150 e. The van der Waals surface area contributed by atoms with E-state index in [9.17, 15) is 0 Å². The molecule has 1 unspecified atom stereocenters. The molecule has 1 spiro atoms. The SMILES string of the molecule is C[SiH2]c1cc(-c2cn(Cc3cn4cc(CN5CCC6(CCC6)C5)ccc4n3)nn2)c2cnn(C3CCCCO3)c2c1. The number of aromatic nitrogens is 7. The highest BCUT2D eigenvalue weighted by atomic mass is 28.2. The first-order valence-electron chi connectivity index (χ1n) is 15.4. The summed E-state index contributed by atoms with van der Waals surface area (Å²) in [5.41, 5.74) is 7.06. The molecule has 4 aromatic heterocycles. The van der Waals surface area contributed by atoms with Crippen LogP contribution in [0.5, 0.6) is 0 Å². The Morgan fingerprint density at radius 1 is 1.05 bits per heavy atom. The number of rotatable bonds is 7. The quantitative estimate of drug-likeness (QED) is 0.278. The third kappa shape index (κ3) is 4.71. The standard InChI is InChI=1S/C31H38N8OSi/c1-41-24-13-25(26-15-32-39(28(26)14-24)30-5-2-3-12-40-30)27-20-38(35-34-27)19-23-18-37-17-22(6-7-29(37)33-23)16-36-11-10-31(21-36)8-4-9-31/h6-7,13-15,17-18,20,30H,2-5,8-12,16,19,21,41H2,1H3. The van der Waals surface area contributed by atoms with Crippen molar-refractivity contribution >= 4 is 31.3 Å². The van der Waals surface area contributed by atoms with Gasteiger partial charge in [0.15, 0.2) is 6.23 Å². The molecular weight excluding hydrogens is 528 g/mol. The Labute approximate surface area is 242 Å². The lowest BCUT2D eigenvalue weighted by atomic mass is 9.68. The number of ether oxygens (including phenoxy) is 1. The Morgan fingerprint density at radius 3 is 2.80 bits per heavy atom. The van der Waals surface area contributed by atoms with Crippen molar-refractivity contribution in [1.82, 2.24) is 39.1 Å². The summed E-state index contributed by atoms with van der Waals surface area (Å²) in [6, 6.07) is 8.97. The van der Waals surface area contributed by atoms with Gasteiger partial charge in [0.1, 0.15) is 11.3 Å². The Bertz CT molecular complexity index is 1710. The van der Waals surface area contributed by atoms with Crippen LogP contribution in [-0.4, -0.2) is 68.3 Å². The summed E-state index contributed by atoms with van der Waals surface area (Å²) in [4.78, 5) is 7.51. The van der Waals surface area contributed by atoms with Gasteiger partial charge in [0.2, 0.25) is 0 Å². The predicted octanol–water partition coefficient (Wildman–Crippen LogP) is 3.91. The van der Waals surface area contributed by atoms with Gasteiger partial charge in [0.05, 0.1) is 39.7 Å². The molecule has 5 aromatic rings. The second-order valence-electron chi connectivity index (χ2n) is 12.5. The third-order valence-corrected chi connectivity index (χ3v) is 10.9. The molecule has 3 fully saturated rings. The highest BCUT2D eigenvalue weighted by molar-refractivity contribution is 6.52. The zero-order valence-electron chi connectivity index (χ0n) is 23.9. The first-order valence-corrected chi connectivity index (χ1v) is 17.5. The number of fused-ring (bicyclic) bond motifs is 2. The van der Waals surface area contributed by atoms with Crippen LogP contribution in [-0.2, 0) is 17.8 Å². The lowest BCUT2D eigenvalue weighted by Crippen LogP contribution is -2.32. The topological polar surface area (TPSA) is 78.3 Å². The lowest BCUT2D eigenvalue weighted by molar-refractivity contribution is -0.0366. The third-order valence-electron chi connectivity index (χ3n) is 9.65. The molecule has 0 bridgehead atoms. The normalized spacial score (nSPS) is 21.1. The van der Waals surface area contributed by atoms with E-state index in [0.29, 0.717) is 12.0 Å². The van der Waals surface area contributed by atoms with Crippen LogP contribution in [0.2, 0.25) is 6.55 Å². The molecule has 10 heteroatoms. The van der Waals surface area contributed by atoms with Crippen LogP contribution in [0.1, 0.15) is 62.4 Å². The first kappa shape index (κ1) is 25.4. The van der Waals surface area contributed by atoms with E-state index in [1.807, 2.05) is 17.1 Å². The van der Waals surface area contributed by atoms with Crippen molar-refractivity contribution in [3.8, 4) is 11.3 Å². The minimum absolute atomic E-state index is 0.0175. The number of hydrogen-bond donors (Lipinski definition) is 0. The summed E-state index contributed by atoms with van der Waals surface area (Å²) in [6.45, 7) is 7.23. The molecule has 8 rings (SSSR count). The van der Waals surface area contributed by atoms with Crippen LogP contribution in [0, 0.1) is 5.41 Å². The molecule has 1 saturated carbocycles. The van der Waals surface area contributed by atoms with Gasteiger partial charge in [-0.25, -0.2) is 14.3 Å². The zero-order valence-corrected chi connectivity index (χ0v) is 25.3. The van der Waals surface area contributed by atoms with E-state index in [1.54, 1.807) is 0 Å². The summed E-state index contributed by atoms with van der Waals surface area (Å²) < 4.78 is 12.2. The molecule has 6 heterocycles. The number of nitrogens with zero attached hydrogens (tertiary/aromatic N) is 8. The van der Waals surface area contributed by atoms with Gasteiger partial charge in [-0.1, -0.05) is 35.5 Å². The van der Waals surface area contributed by atoms with Crippen molar-refractivity contribution < 1.29 is 4.74 Å². The first-order chi connectivity index (χ1) is 20.1.